The highest BCUT2D eigenvalue weighted by atomic mass is 16.5. The van der Waals surface area contributed by atoms with Crippen LogP contribution in [0.25, 0.3) is 11.3 Å². The second-order valence-electron chi connectivity index (χ2n) is 5.70. The minimum absolute atomic E-state index is 0.313. The molecule has 0 N–H and O–H groups in total. The zero-order valence-electron chi connectivity index (χ0n) is 14.2. The van der Waals surface area contributed by atoms with Crippen molar-refractivity contribution in [3.05, 3.63) is 51.3 Å². The van der Waals surface area contributed by atoms with Gasteiger partial charge in [0, 0.05) is 11.6 Å². The smallest absolute Gasteiger partial charge is 0.330 e. The molecule has 0 saturated heterocycles. The highest BCUT2D eigenvalue weighted by Gasteiger charge is 2.22. The Balaban J connectivity index is 2.59. The Morgan fingerprint density at radius 1 is 1.17 bits per heavy atom. The van der Waals surface area contributed by atoms with E-state index in [1.54, 1.807) is 6.07 Å². The molecule has 1 heterocycles. The molecule has 0 radical (unpaired) electrons. The summed E-state index contributed by atoms with van der Waals surface area (Å²) in [5.74, 6) is -0.462. The van der Waals surface area contributed by atoms with E-state index in [9.17, 15) is 9.59 Å². The topological polar surface area (TPSA) is 61.2 Å². The molecule has 0 bridgehead atoms. The van der Waals surface area contributed by atoms with Crippen LogP contribution < -0.4 is 5.56 Å². The molecule has 5 nitrogen and oxygen atoms in total. The van der Waals surface area contributed by atoms with Crippen molar-refractivity contribution in [2.24, 2.45) is 0 Å². The van der Waals surface area contributed by atoms with Crippen LogP contribution in [0.1, 0.15) is 36.1 Å². The Kier molecular flexibility index (Phi) is 4.98. The molecular weight excluding hydrogens is 292 g/mol. The Morgan fingerprint density at radius 3 is 2.43 bits per heavy atom. The quantitative estimate of drug-likeness (QED) is 0.814. The second kappa shape index (κ2) is 6.77. The van der Waals surface area contributed by atoms with Gasteiger partial charge in [0.2, 0.25) is 0 Å². The van der Waals surface area contributed by atoms with Gasteiger partial charge < -0.3 is 4.74 Å². The van der Waals surface area contributed by atoms with Crippen LogP contribution >= 0.6 is 0 Å². The molecule has 0 amide bonds. The standard InChI is InChI=1S/C18H22N2O3/c1-6-16(18(22)23-5)20-17(21)8-7-15(19-20)14-10-12(3)11(2)9-13(14)4/h7-10,16H,6H2,1-5H3/t16-/m1/s1. The van der Waals surface area contributed by atoms with Crippen molar-refractivity contribution in [2.45, 2.75) is 40.2 Å². The average Bonchev–Trinajstić information content (AvgIpc) is 2.53. The number of esters is 1. The highest BCUT2D eigenvalue weighted by Crippen LogP contribution is 2.24. The van der Waals surface area contributed by atoms with Crippen molar-refractivity contribution in [2.75, 3.05) is 7.11 Å². The normalized spacial score (nSPS) is 12.0. The monoisotopic (exact) mass is 314 g/mol. The molecule has 23 heavy (non-hydrogen) atoms. The van der Waals surface area contributed by atoms with Crippen LogP contribution in [0.15, 0.2) is 29.1 Å². The van der Waals surface area contributed by atoms with Gasteiger partial charge in [0.15, 0.2) is 6.04 Å². The van der Waals surface area contributed by atoms with E-state index in [1.165, 1.54) is 23.4 Å². The molecule has 1 aromatic carbocycles. The molecule has 0 spiro atoms. The highest BCUT2D eigenvalue weighted by molar-refractivity contribution is 5.74. The maximum atomic E-state index is 12.1. The van der Waals surface area contributed by atoms with E-state index < -0.39 is 12.0 Å². The number of aryl methyl sites for hydroxylation is 3. The van der Waals surface area contributed by atoms with Gasteiger partial charge in [-0.25, -0.2) is 9.48 Å². The van der Waals surface area contributed by atoms with Gasteiger partial charge in [-0.2, -0.15) is 5.10 Å². The SMILES string of the molecule is CC[C@H](C(=O)OC)n1nc(-c2cc(C)c(C)cc2C)ccc1=O. The number of hydrogen-bond acceptors (Lipinski definition) is 4. The van der Waals surface area contributed by atoms with Crippen LogP contribution in [0.5, 0.6) is 0 Å². The summed E-state index contributed by atoms with van der Waals surface area (Å²) >= 11 is 0. The van der Waals surface area contributed by atoms with Crippen molar-refractivity contribution >= 4 is 5.97 Å². The summed E-state index contributed by atoms with van der Waals surface area (Å²) in [6.07, 6.45) is 0.439. The largest absolute Gasteiger partial charge is 0.467 e. The fourth-order valence-corrected chi connectivity index (χ4v) is 2.60. The first-order chi connectivity index (χ1) is 10.9. The summed E-state index contributed by atoms with van der Waals surface area (Å²) in [7, 11) is 1.31. The third-order valence-corrected chi connectivity index (χ3v) is 4.10. The Bertz CT molecular complexity index is 793. The lowest BCUT2D eigenvalue weighted by Gasteiger charge is -2.16. The van der Waals surface area contributed by atoms with Crippen molar-refractivity contribution in [1.82, 2.24) is 9.78 Å². The van der Waals surface area contributed by atoms with Gasteiger partial charge in [-0.3, -0.25) is 4.79 Å². The van der Waals surface area contributed by atoms with Crippen LogP contribution in [-0.2, 0) is 9.53 Å². The number of carbonyl (C=O) groups excluding carboxylic acids is 1. The van der Waals surface area contributed by atoms with E-state index in [0.29, 0.717) is 12.1 Å². The number of ether oxygens (including phenoxy) is 1. The fraction of sp³-hybridized carbons (Fsp3) is 0.389. The summed E-state index contributed by atoms with van der Waals surface area (Å²) in [4.78, 5) is 24.0. The molecule has 2 aromatic rings. The maximum Gasteiger partial charge on any atom is 0.330 e. The van der Waals surface area contributed by atoms with Gasteiger partial charge in [0.1, 0.15) is 0 Å². The molecule has 1 atom stereocenters. The molecule has 0 unspecified atom stereocenters. The summed E-state index contributed by atoms with van der Waals surface area (Å²) in [5.41, 5.74) is 4.77. The van der Waals surface area contributed by atoms with Crippen LogP contribution in [0, 0.1) is 20.8 Å². The van der Waals surface area contributed by atoms with Crippen molar-refractivity contribution in [3.63, 3.8) is 0 Å². The van der Waals surface area contributed by atoms with Crippen molar-refractivity contribution in [1.29, 1.82) is 0 Å². The van der Waals surface area contributed by atoms with Gasteiger partial charge in [-0.15, -0.1) is 0 Å². The van der Waals surface area contributed by atoms with Gasteiger partial charge >= 0.3 is 5.97 Å². The van der Waals surface area contributed by atoms with Crippen LogP contribution in [0.3, 0.4) is 0 Å². The van der Waals surface area contributed by atoms with Crippen molar-refractivity contribution < 1.29 is 9.53 Å². The predicted octanol–water partition coefficient (Wildman–Crippen LogP) is 2.96. The average molecular weight is 314 g/mol. The molecule has 0 aliphatic carbocycles. The van der Waals surface area contributed by atoms with Gasteiger partial charge in [-0.1, -0.05) is 13.0 Å². The molecule has 1 aromatic heterocycles. The summed E-state index contributed by atoms with van der Waals surface area (Å²) in [6.45, 7) is 7.93. The zero-order valence-corrected chi connectivity index (χ0v) is 14.2. The number of benzene rings is 1. The fourth-order valence-electron chi connectivity index (χ4n) is 2.60. The minimum atomic E-state index is -0.709. The van der Waals surface area contributed by atoms with E-state index in [1.807, 2.05) is 20.8 Å². The summed E-state index contributed by atoms with van der Waals surface area (Å²) in [5, 5.41) is 4.42. The lowest BCUT2D eigenvalue weighted by molar-refractivity contribution is -0.145. The van der Waals surface area contributed by atoms with Gasteiger partial charge in [0.05, 0.1) is 12.8 Å². The Hall–Kier alpha value is -2.43. The van der Waals surface area contributed by atoms with E-state index in [2.05, 4.69) is 24.2 Å². The molecule has 0 aliphatic heterocycles. The summed E-state index contributed by atoms with van der Waals surface area (Å²) in [6, 6.07) is 6.59. The lowest BCUT2D eigenvalue weighted by Crippen LogP contribution is -2.32. The molecule has 0 saturated carbocycles. The van der Waals surface area contributed by atoms with Crippen LogP contribution in [-0.4, -0.2) is 22.9 Å². The third kappa shape index (κ3) is 3.33. The molecule has 122 valence electrons. The molecule has 5 heteroatoms. The van der Waals surface area contributed by atoms with E-state index in [4.69, 9.17) is 4.74 Å². The number of rotatable bonds is 4. The molecule has 0 aliphatic rings. The third-order valence-electron chi connectivity index (χ3n) is 4.10. The van der Waals surface area contributed by atoms with Gasteiger partial charge in [-0.05, 0) is 56.0 Å². The van der Waals surface area contributed by atoms with Crippen LogP contribution in [0.4, 0.5) is 0 Å². The predicted molar refractivity (Wildman–Crippen MR) is 89.5 cm³/mol. The Morgan fingerprint density at radius 2 is 1.83 bits per heavy atom. The zero-order chi connectivity index (χ0) is 17.1. The minimum Gasteiger partial charge on any atom is -0.467 e. The summed E-state index contributed by atoms with van der Waals surface area (Å²) < 4.78 is 6.00. The van der Waals surface area contributed by atoms with Crippen LogP contribution in [0.2, 0.25) is 0 Å². The maximum absolute atomic E-state index is 12.1. The number of aromatic nitrogens is 2. The van der Waals surface area contributed by atoms with Gasteiger partial charge in [0.25, 0.3) is 5.56 Å². The van der Waals surface area contributed by atoms with E-state index >= 15 is 0 Å². The van der Waals surface area contributed by atoms with E-state index in [-0.39, 0.29) is 5.56 Å². The number of carbonyl (C=O) groups is 1. The molecule has 0 fully saturated rings. The number of nitrogens with zero attached hydrogens (tertiary/aromatic N) is 2. The molecule has 2 rings (SSSR count). The number of methoxy groups -OCH3 is 1. The second-order valence-corrected chi connectivity index (χ2v) is 5.70. The first-order valence-corrected chi connectivity index (χ1v) is 7.65. The molecular formula is C18H22N2O3. The lowest BCUT2D eigenvalue weighted by atomic mass is 9.99. The first-order valence-electron chi connectivity index (χ1n) is 7.65. The van der Waals surface area contributed by atoms with E-state index in [0.717, 1.165) is 16.7 Å². The first kappa shape index (κ1) is 16.9. The Labute approximate surface area is 135 Å². The van der Waals surface area contributed by atoms with Crippen molar-refractivity contribution in [3.8, 4) is 11.3 Å². The number of hydrogen-bond donors (Lipinski definition) is 0.